The number of aliphatic hydroxyl groups is 1. The van der Waals surface area contributed by atoms with E-state index in [1.165, 1.54) is 6.08 Å². The molecule has 15 heavy (non-hydrogen) atoms. The Kier molecular flexibility index (Phi) is 4.50. The lowest BCUT2D eigenvalue weighted by atomic mass is 10.2. The second-order valence-electron chi connectivity index (χ2n) is 2.87. The highest BCUT2D eigenvalue weighted by atomic mass is 16.5. The zero-order valence-corrected chi connectivity index (χ0v) is 8.51. The quantitative estimate of drug-likeness (QED) is 0.594. The summed E-state index contributed by atoms with van der Waals surface area (Å²) in [5, 5.41) is 8.87. The molecule has 0 amide bonds. The summed E-state index contributed by atoms with van der Waals surface area (Å²) in [7, 11) is 0. The summed E-state index contributed by atoms with van der Waals surface area (Å²) >= 11 is 0. The van der Waals surface area contributed by atoms with E-state index in [0.29, 0.717) is 12.2 Å². The van der Waals surface area contributed by atoms with Crippen molar-refractivity contribution in [2.45, 2.75) is 13.5 Å². The van der Waals surface area contributed by atoms with E-state index in [4.69, 9.17) is 9.84 Å². The summed E-state index contributed by atoms with van der Waals surface area (Å²) in [6.07, 6.45) is 6.11. The van der Waals surface area contributed by atoms with Crippen molar-refractivity contribution >= 4 is 12.0 Å². The molecular weight excluding hydrogens is 194 g/mol. The van der Waals surface area contributed by atoms with Crippen LogP contribution in [0.3, 0.4) is 0 Å². The van der Waals surface area contributed by atoms with Gasteiger partial charge in [0.15, 0.2) is 0 Å². The summed E-state index contributed by atoms with van der Waals surface area (Å²) < 4.78 is 4.72. The Labute approximate surface area is 88.2 Å². The summed E-state index contributed by atoms with van der Waals surface area (Å²) in [5.41, 5.74) is 1.47. The van der Waals surface area contributed by atoms with E-state index in [0.717, 1.165) is 5.56 Å². The first-order chi connectivity index (χ1) is 7.26. The maximum Gasteiger partial charge on any atom is 0.330 e. The Balaban J connectivity index is 2.67. The zero-order chi connectivity index (χ0) is 11.1. The van der Waals surface area contributed by atoms with E-state index >= 15 is 0 Å². The smallest absolute Gasteiger partial charge is 0.330 e. The van der Waals surface area contributed by atoms with Crippen molar-refractivity contribution in [3.63, 3.8) is 0 Å². The third kappa shape index (κ3) is 3.91. The number of hydrogen-bond donors (Lipinski definition) is 1. The molecule has 1 N–H and O–H groups in total. The van der Waals surface area contributed by atoms with Crippen LogP contribution in [-0.4, -0.2) is 22.7 Å². The fourth-order valence-electron chi connectivity index (χ4n) is 1.04. The predicted molar refractivity (Wildman–Crippen MR) is 55.8 cm³/mol. The van der Waals surface area contributed by atoms with E-state index < -0.39 is 0 Å². The SMILES string of the molecule is CCOC(=O)C=Cc1cncc(CO)c1. The molecule has 0 bridgehead atoms. The molecule has 1 rings (SSSR count). The normalized spacial score (nSPS) is 10.5. The Morgan fingerprint density at radius 2 is 2.40 bits per heavy atom. The molecule has 0 fully saturated rings. The number of aliphatic hydroxyl groups excluding tert-OH is 1. The third-order valence-electron chi connectivity index (χ3n) is 1.70. The van der Waals surface area contributed by atoms with Crippen molar-refractivity contribution in [2.24, 2.45) is 0 Å². The van der Waals surface area contributed by atoms with Crippen LogP contribution in [0.25, 0.3) is 6.08 Å². The van der Waals surface area contributed by atoms with Gasteiger partial charge in [-0.1, -0.05) is 0 Å². The Bertz CT molecular complexity index is 361. The van der Waals surface area contributed by atoms with E-state index in [-0.39, 0.29) is 12.6 Å². The van der Waals surface area contributed by atoms with Crippen LogP contribution < -0.4 is 0 Å². The first kappa shape index (κ1) is 11.4. The van der Waals surface area contributed by atoms with Crippen LogP contribution in [0, 0.1) is 0 Å². The maximum atomic E-state index is 11.0. The minimum Gasteiger partial charge on any atom is -0.463 e. The van der Waals surface area contributed by atoms with Gasteiger partial charge in [-0.05, 0) is 30.2 Å². The summed E-state index contributed by atoms with van der Waals surface area (Å²) in [4.78, 5) is 14.9. The Morgan fingerprint density at radius 1 is 1.60 bits per heavy atom. The molecule has 0 saturated carbocycles. The van der Waals surface area contributed by atoms with E-state index in [9.17, 15) is 4.79 Å². The monoisotopic (exact) mass is 207 g/mol. The lowest BCUT2D eigenvalue weighted by Gasteiger charge is -1.97. The molecule has 1 aromatic rings. The van der Waals surface area contributed by atoms with Crippen molar-refractivity contribution in [3.8, 4) is 0 Å². The molecular formula is C11H13NO3. The average Bonchev–Trinajstić information content (AvgIpc) is 2.27. The number of esters is 1. The molecule has 80 valence electrons. The fourth-order valence-corrected chi connectivity index (χ4v) is 1.04. The molecule has 0 aliphatic carbocycles. The topological polar surface area (TPSA) is 59.4 Å². The second-order valence-corrected chi connectivity index (χ2v) is 2.87. The molecule has 0 spiro atoms. The number of pyridine rings is 1. The number of aromatic nitrogens is 1. The van der Waals surface area contributed by atoms with Gasteiger partial charge in [0.1, 0.15) is 0 Å². The minimum absolute atomic E-state index is 0.0614. The van der Waals surface area contributed by atoms with Gasteiger partial charge in [0.2, 0.25) is 0 Å². The first-order valence-corrected chi connectivity index (χ1v) is 4.66. The number of hydrogen-bond acceptors (Lipinski definition) is 4. The van der Waals surface area contributed by atoms with Crippen LogP contribution in [-0.2, 0) is 16.1 Å². The molecule has 0 aliphatic heterocycles. The molecule has 0 aromatic carbocycles. The largest absolute Gasteiger partial charge is 0.463 e. The highest BCUT2D eigenvalue weighted by Gasteiger charge is 1.95. The van der Waals surface area contributed by atoms with Gasteiger partial charge in [0, 0.05) is 18.5 Å². The van der Waals surface area contributed by atoms with Gasteiger partial charge in [-0.2, -0.15) is 0 Å². The van der Waals surface area contributed by atoms with Gasteiger partial charge < -0.3 is 9.84 Å². The molecule has 4 nitrogen and oxygen atoms in total. The van der Waals surface area contributed by atoms with Crippen molar-refractivity contribution < 1.29 is 14.6 Å². The van der Waals surface area contributed by atoms with Crippen molar-refractivity contribution in [1.82, 2.24) is 4.98 Å². The van der Waals surface area contributed by atoms with Crippen LogP contribution in [0.15, 0.2) is 24.5 Å². The predicted octanol–water partition coefficient (Wildman–Crippen LogP) is 1.15. The number of carbonyl (C=O) groups excluding carboxylic acids is 1. The van der Waals surface area contributed by atoms with Crippen LogP contribution in [0.1, 0.15) is 18.1 Å². The van der Waals surface area contributed by atoms with Crippen molar-refractivity contribution in [2.75, 3.05) is 6.61 Å². The fraction of sp³-hybridized carbons (Fsp3) is 0.273. The second kappa shape index (κ2) is 5.93. The van der Waals surface area contributed by atoms with Gasteiger partial charge in [-0.15, -0.1) is 0 Å². The number of rotatable bonds is 4. The number of carbonyl (C=O) groups is 1. The highest BCUT2D eigenvalue weighted by molar-refractivity contribution is 5.86. The van der Waals surface area contributed by atoms with Gasteiger partial charge in [0.25, 0.3) is 0 Å². The highest BCUT2D eigenvalue weighted by Crippen LogP contribution is 2.04. The van der Waals surface area contributed by atoms with Crippen LogP contribution in [0.4, 0.5) is 0 Å². The Morgan fingerprint density at radius 3 is 3.07 bits per heavy atom. The molecule has 0 radical (unpaired) electrons. The van der Waals surface area contributed by atoms with Crippen LogP contribution in [0.2, 0.25) is 0 Å². The van der Waals surface area contributed by atoms with Crippen LogP contribution >= 0.6 is 0 Å². The molecule has 1 aromatic heterocycles. The molecule has 0 unspecified atom stereocenters. The van der Waals surface area contributed by atoms with E-state index in [2.05, 4.69) is 4.98 Å². The summed E-state index contributed by atoms with van der Waals surface area (Å²) in [6.45, 7) is 2.05. The van der Waals surface area contributed by atoms with E-state index in [1.54, 1.807) is 31.5 Å². The van der Waals surface area contributed by atoms with Crippen LogP contribution in [0.5, 0.6) is 0 Å². The molecule has 0 atom stereocenters. The number of nitrogens with zero attached hydrogens (tertiary/aromatic N) is 1. The molecule has 0 saturated heterocycles. The van der Waals surface area contributed by atoms with Gasteiger partial charge in [0.05, 0.1) is 13.2 Å². The zero-order valence-electron chi connectivity index (χ0n) is 8.51. The van der Waals surface area contributed by atoms with Crippen molar-refractivity contribution in [3.05, 3.63) is 35.7 Å². The Hall–Kier alpha value is -1.68. The minimum atomic E-state index is -0.382. The van der Waals surface area contributed by atoms with E-state index in [1.807, 2.05) is 0 Å². The summed E-state index contributed by atoms with van der Waals surface area (Å²) in [6, 6.07) is 1.75. The third-order valence-corrected chi connectivity index (χ3v) is 1.70. The van der Waals surface area contributed by atoms with Gasteiger partial charge >= 0.3 is 5.97 Å². The summed E-state index contributed by atoms with van der Waals surface area (Å²) in [5.74, 6) is -0.382. The lowest BCUT2D eigenvalue weighted by molar-refractivity contribution is -0.137. The standard InChI is InChI=1S/C11H13NO3/c1-2-15-11(14)4-3-9-5-10(8-13)7-12-6-9/h3-7,13H,2,8H2,1H3. The molecule has 1 heterocycles. The van der Waals surface area contributed by atoms with Crippen molar-refractivity contribution in [1.29, 1.82) is 0 Å². The number of ether oxygens (including phenoxy) is 1. The average molecular weight is 207 g/mol. The van der Waals surface area contributed by atoms with Gasteiger partial charge in [-0.3, -0.25) is 4.98 Å². The lowest BCUT2D eigenvalue weighted by Crippen LogP contribution is -1.98. The molecule has 4 heteroatoms. The molecule has 0 aliphatic rings. The van der Waals surface area contributed by atoms with Gasteiger partial charge in [-0.25, -0.2) is 4.79 Å². The first-order valence-electron chi connectivity index (χ1n) is 4.66. The maximum absolute atomic E-state index is 11.0.